The number of rotatable bonds is 7. The molecule has 0 radical (unpaired) electrons. The van der Waals surface area contributed by atoms with Gasteiger partial charge in [-0.2, -0.15) is 13.2 Å². The molecule has 0 amide bonds. The Morgan fingerprint density at radius 2 is 1.89 bits per heavy atom. The molecule has 0 unspecified atom stereocenters. The summed E-state index contributed by atoms with van der Waals surface area (Å²) in [5.74, 6) is 1.01. The van der Waals surface area contributed by atoms with Crippen LogP contribution in [0.1, 0.15) is 5.56 Å². The van der Waals surface area contributed by atoms with Gasteiger partial charge in [0.25, 0.3) is 0 Å². The molecule has 0 heterocycles. The first-order chi connectivity index (χ1) is 8.96. The van der Waals surface area contributed by atoms with Crippen molar-refractivity contribution in [1.82, 2.24) is 0 Å². The normalized spacial score (nSPS) is 11.4. The average molecular weight is 343 g/mol. The molecule has 0 aliphatic rings. The molecule has 0 aromatic heterocycles. The Balaban J connectivity index is 2.41. The third-order valence-corrected chi connectivity index (χ3v) is 2.78. The van der Waals surface area contributed by atoms with E-state index in [1.54, 1.807) is 12.1 Å². The van der Waals surface area contributed by atoms with Gasteiger partial charge in [0.15, 0.2) is 11.5 Å². The first-order valence-electron chi connectivity index (χ1n) is 5.46. The Bertz CT molecular complexity index is 396. The summed E-state index contributed by atoms with van der Waals surface area (Å²) in [4.78, 5) is 0. The maximum Gasteiger partial charge on any atom is 0.411 e. The molecule has 108 valence electrons. The van der Waals surface area contributed by atoms with Crippen LogP contribution in [0, 0.1) is 0 Å². The molecule has 0 atom stereocenters. The van der Waals surface area contributed by atoms with Gasteiger partial charge in [0.2, 0.25) is 0 Å². The Kier molecular flexibility index (Phi) is 6.44. The Hall–Kier alpha value is -0.950. The van der Waals surface area contributed by atoms with E-state index in [1.165, 1.54) is 7.11 Å². The number of methoxy groups -OCH3 is 1. The van der Waals surface area contributed by atoms with E-state index in [2.05, 4.69) is 20.7 Å². The lowest BCUT2D eigenvalue weighted by Crippen LogP contribution is -2.19. The van der Waals surface area contributed by atoms with Crippen LogP contribution in [0.4, 0.5) is 13.2 Å². The molecule has 0 spiro atoms. The summed E-state index contributed by atoms with van der Waals surface area (Å²) < 4.78 is 50.3. The molecular formula is C12H14BrF3O3. The largest absolute Gasteiger partial charge is 0.493 e. The smallest absolute Gasteiger partial charge is 0.411 e. The summed E-state index contributed by atoms with van der Waals surface area (Å²) in [6, 6.07) is 5.34. The molecule has 0 aliphatic carbocycles. The average Bonchev–Trinajstić information content (AvgIpc) is 2.37. The van der Waals surface area contributed by atoms with Crippen molar-refractivity contribution in [3.05, 3.63) is 23.8 Å². The predicted octanol–water partition coefficient (Wildman–Crippen LogP) is 3.55. The van der Waals surface area contributed by atoms with Crippen molar-refractivity contribution >= 4 is 15.9 Å². The van der Waals surface area contributed by atoms with Crippen molar-refractivity contribution in [3.8, 4) is 11.5 Å². The van der Waals surface area contributed by atoms with Gasteiger partial charge < -0.3 is 14.2 Å². The van der Waals surface area contributed by atoms with Crippen LogP contribution in [0.25, 0.3) is 0 Å². The zero-order chi connectivity index (χ0) is 14.3. The highest BCUT2D eigenvalue weighted by molar-refractivity contribution is 9.08. The van der Waals surface area contributed by atoms with Crippen LogP contribution < -0.4 is 9.47 Å². The van der Waals surface area contributed by atoms with E-state index in [1.807, 2.05) is 6.07 Å². The van der Waals surface area contributed by atoms with Crippen molar-refractivity contribution in [3.63, 3.8) is 0 Å². The molecule has 3 nitrogen and oxygen atoms in total. The third-order valence-electron chi connectivity index (χ3n) is 2.13. The number of benzene rings is 1. The zero-order valence-corrected chi connectivity index (χ0v) is 11.9. The SMILES string of the molecule is COc1cc(CBr)ccc1OCCOCC(F)(F)F. The van der Waals surface area contributed by atoms with E-state index in [-0.39, 0.29) is 13.2 Å². The van der Waals surface area contributed by atoms with Crippen LogP contribution in [0.2, 0.25) is 0 Å². The first kappa shape index (κ1) is 16.1. The fourth-order valence-electron chi connectivity index (χ4n) is 1.31. The van der Waals surface area contributed by atoms with Gasteiger partial charge in [-0.05, 0) is 17.7 Å². The molecule has 0 bridgehead atoms. The highest BCUT2D eigenvalue weighted by Gasteiger charge is 2.27. The van der Waals surface area contributed by atoms with Gasteiger partial charge in [0.1, 0.15) is 13.2 Å². The van der Waals surface area contributed by atoms with Gasteiger partial charge in [-0.1, -0.05) is 22.0 Å². The van der Waals surface area contributed by atoms with Gasteiger partial charge in [-0.3, -0.25) is 0 Å². The van der Waals surface area contributed by atoms with E-state index in [4.69, 9.17) is 9.47 Å². The molecule has 7 heteroatoms. The number of hydrogen-bond donors (Lipinski definition) is 0. The monoisotopic (exact) mass is 342 g/mol. The second kappa shape index (κ2) is 7.59. The molecule has 0 N–H and O–H groups in total. The van der Waals surface area contributed by atoms with Gasteiger partial charge >= 0.3 is 6.18 Å². The Morgan fingerprint density at radius 1 is 1.16 bits per heavy atom. The summed E-state index contributed by atoms with van der Waals surface area (Å²) >= 11 is 3.31. The molecule has 1 aromatic carbocycles. The molecule has 19 heavy (non-hydrogen) atoms. The minimum Gasteiger partial charge on any atom is -0.493 e. The second-order valence-corrected chi connectivity index (χ2v) is 4.20. The number of alkyl halides is 4. The number of ether oxygens (including phenoxy) is 3. The van der Waals surface area contributed by atoms with Crippen LogP contribution in [0.15, 0.2) is 18.2 Å². The molecule has 0 fully saturated rings. The summed E-state index contributed by atoms with van der Waals surface area (Å²) in [5.41, 5.74) is 1.01. The van der Waals surface area contributed by atoms with Crippen molar-refractivity contribution in [2.24, 2.45) is 0 Å². The predicted molar refractivity (Wildman–Crippen MR) is 68.0 cm³/mol. The quantitative estimate of drug-likeness (QED) is 0.560. The van der Waals surface area contributed by atoms with Crippen LogP contribution in [-0.4, -0.2) is 33.1 Å². The molecule has 1 aromatic rings. The number of hydrogen-bond acceptors (Lipinski definition) is 3. The van der Waals surface area contributed by atoms with Gasteiger partial charge in [-0.25, -0.2) is 0 Å². The minimum atomic E-state index is -4.31. The van der Waals surface area contributed by atoms with Crippen LogP contribution >= 0.6 is 15.9 Å². The lowest BCUT2D eigenvalue weighted by molar-refractivity contribution is -0.175. The van der Waals surface area contributed by atoms with Crippen LogP contribution in [0.3, 0.4) is 0 Å². The topological polar surface area (TPSA) is 27.7 Å². The van der Waals surface area contributed by atoms with E-state index in [0.717, 1.165) is 5.56 Å². The fourth-order valence-corrected chi connectivity index (χ4v) is 1.66. The van der Waals surface area contributed by atoms with Gasteiger partial charge in [-0.15, -0.1) is 0 Å². The van der Waals surface area contributed by atoms with Crippen LogP contribution in [-0.2, 0) is 10.1 Å². The first-order valence-corrected chi connectivity index (χ1v) is 6.58. The maximum absolute atomic E-state index is 11.8. The van der Waals surface area contributed by atoms with Crippen molar-refractivity contribution in [2.75, 3.05) is 26.9 Å². The summed E-state index contributed by atoms with van der Waals surface area (Å²) in [5, 5.41) is 0.679. The van der Waals surface area contributed by atoms with E-state index >= 15 is 0 Å². The summed E-state index contributed by atoms with van der Waals surface area (Å²) in [7, 11) is 1.50. The highest BCUT2D eigenvalue weighted by Crippen LogP contribution is 2.28. The summed E-state index contributed by atoms with van der Waals surface area (Å²) in [6.45, 7) is -1.38. The van der Waals surface area contributed by atoms with Crippen molar-refractivity contribution in [1.29, 1.82) is 0 Å². The molecule has 0 aliphatic heterocycles. The minimum absolute atomic E-state index is 0.0279. The molecular weight excluding hydrogens is 329 g/mol. The zero-order valence-electron chi connectivity index (χ0n) is 10.3. The molecule has 1 rings (SSSR count). The lowest BCUT2D eigenvalue weighted by Gasteiger charge is -2.12. The van der Waals surface area contributed by atoms with Crippen LogP contribution in [0.5, 0.6) is 11.5 Å². The second-order valence-electron chi connectivity index (χ2n) is 3.64. The maximum atomic E-state index is 11.8. The summed E-state index contributed by atoms with van der Waals surface area (Å²) in [6.07, 6.45) is -4.31. The standard InChI is InChI=1S/C12H14BrF3O3/c1-17-11-6-9(7-13)2-3-10(11)19-5-4-18-8-12(14,15)16/h2-3,6H,4-5,7-8H2,1H3. The highest BCUT2D eigenvalue weighted by atomic mass is 79.9. The third kappa shape index (κ3) is 6.15. The van der Waals surface area contributed by atoms with Crippen molar-refractivity contribution in [2.45, 2.75) is 11.5 Å². The van der Waals surface area contributed by atoms with E-state index in [9.17, 15) is 13.2 Å². The number of halogens is 4. The Morgan fingerprint density at radius 3 is 2.47 bits per heavy atom. The van der Waals surface area contributed by atoms with Gasteiger partial charge in [0.05, 0.1) is 13.7 Å². The Labute approximate surface area is 117 Å². The lowest BCUT2D eigenvalue weighted by atomic mass is 10.2. The van der Waals surface area contributed by atoms with E-state index in [0.29, 0.717) is 16.8 Å². The fraction of sp³-hybridized carbons (Fsp3) is 0.500. The van der Waals surface area contributed by atoms with E-state index < -0.39 is 12.8 Å². The molecule has 0 saturated carbocycles. The molecule has 0 saturated heterocycles. The van der Waals surface area contributed by atoms with Crippen molar-refractivity contribution < 1.29 is 27.4 Å². The van der Waals surface area contributed by atoms with Gasteiger partial charge in [0, 0.05) is 5.33 Å².